The molecule has 0 bridgehead atoms. The van der Waals surface area contributed by atoms with Gasteiger partial charge >= 0.3 is 0 Å². The van der Waals surface area contributed by atoms with Crippen LogP contribution in [0.1, 0.15) is 116 Å². The highest BCUT2D eigenvalue weighted by atomic mass is 16.5. The summed E-state index contributed by atoms with van der Waals surface area (Å²) in [4.78, 5) is 0. The number of hydrogen-bond acceptors (Lipinski definition) is 1. The van der Waals surface area contributed by atoms with E-state index >= 15 is 0 Å². The molecule has 0 saturated heterocycles. The van der Waals surface area contributed by atoms with E-state index in [-0.39, 0.29) is 0 Å². The normalized spacial score (nSPS) is 11.7. The van der Waals surface area contributed by atoms with Crippen LogP contribution < -0.4 is 0 Å². The molecule has 1 aromatic rings. The molecule has 1 aromatic carbocycles. The smallest absolute Gasteiger partial charge is 0.0466 e. The Morgan fingerprint density at radius 1 is 0.586 bits per heavy atom. The van der Waals surface area contributed by atoms with E-state index in [1.165, 1.54) is 101 Å². The zero-order valence-corrected chi connectivity index (χ0v) is 20.2. The van der Waals surface area contributed by atoms with Crippen molar-refractivity contribution in [1.82, 2.24) is 0 Å². The molecule has 0 aliphatic rings. The van der Waals surface area contributed by atoms with Gasteiger partial charge in [0.25, 0.3) is 0 Å². The fourth-order valence-corrected chi connectivity index (χ4v) is 3.94. The summed E-state index contributed by atoms with van der Waals surface area (Å²) in [5.41, 5.74) is 3.06. The Morgan fingerprint density at radius 2 is 1.07 bits per heavy atom. The van der Waals surface area contributed by atoms with E-state index in [1.54, 1.807) is 0 Å². The van der Waals surface area contributed by atoms with Gasteiger partial charge in [0.1, 0.15) is 0 Å². The highest BCUT2D eigenvalue weighted by molar-refractivity contribution is 5.23. The summed E-state index contributed by atoms with van der Waals surface area (Å²) in [6, 6.07) is 9.33. The standard InChI is InChI=1S/C28H50O/c1-25(2)16-10-7-5-6-8-11-18-27-20-14-21-28(24-27)19-12-9-13-22-29-23-15-17-26(3)4/h14,20-21,24-26H,5-13,15-19,22-23H2,1-4H3. The summed E-state index contributed by atoms with van der Waals surface area (Å²) in [6.45, 7) is 11.1. The number of hydrogen-bond donors (Lipinski definition) is 0. The summed E-state index contributed by atoms with van der Waals surface area (Å²) in [5, 5.41) is 0. The average Bonchev–Trinajstić information content (AvgIpc) is 2.68. The summed E-state index contributed by atoms with van der Waals surface area (Å²) >= 11 is 0. The molecular weight excluding hydrogens is 352 g/mol. The third-order valence-electron chi connectivity index (χ3n) is 5.81. The number of benzene rings is 1. The Morgan fingerprint density at radius 3 is 1.69 bits per heavy atom. The maximum absolute atomic E-state index is 5.75. The van der Waals surface area contributed by atoms with E-state index in [9.17, 15) is 0 Å². The van der Waals surface area contributed by atoms with Gasteiger partial charge in [-0.25, -0.2) is 0 Å². The van der Waals surface area contributed by atoms with Crippen LogP contribution in [-0.4, -0.2) is 13.2 Å². The van der Waals surface area contributed by atoms with Crippen molar-refractivity contribution in [3.63, 3.8) is 0 Å². The van der Waals surface area contributed by atoms with Crippen molar-refractivity contribution in [1.29, 1.82) is 0 Å². The molecule has 0 atom stereocenters. The summed E-state index contributed by atoms with van der Waals surface area (Å²) in [6.07, 6.45) is 18.6. The minimum absolute atomic E-state index is 0.800. The first-order chi connectivity index (χ1) is 14.1. The predicted molar refractivity (Wildman–Crippen MR) is 130 cm³/mol. The van der Waals surface area contributed by atoms with Crippen LogP contribution in [0.4, 0.5) is 0 Å². The lowest BCUT2D eigenvalue weighted by atomic mass is 10.00. The van der Waals surface area contributed by atoms with Gasteiger partial charge in [-0.3, -0.25) is 0 Å². The molecule has 0 radical (unpaired) electrons. The lowest BCUT2D eigenvalue weighted by molar-refractivity contribution is 0.124. The molecule has 0 N–H and O–H groups in total. The third kappa shape index (κ3) is 16.6. The maximum atomic E-state index is 5.75. The quantitative estimate of drug-likeness (QED) is 0.210. The lowest BCUT2D eigenvalue weighted by Crippen LogP contribution is -1.99. The van der Waals surface area contributed by atoms with E-state index in [2.05, 4.69) is 52.0 Å². The van der Waals surface area contributed by atoms with Gasteiger partial charge in [0.2, 0.25) is 0 Å². The molecule has 168 valence electrons. The summed E-state index contributed by atoms with van der Waals surface area (Å²) in [7, 11) is 0. The van der Waals surface area contributed by atoms with E-state index < -0.39 is 0 Å². The second kappa shape index (κ2) is 18.0. The Balaban J connectivity index is 2.01. The lowest BCUT2D eigenvalue weighted by Gasteiger charge is -2.07. The molecule has 0 unspecified atom stereocenters. The first-order valence-corrected chi connectivity index (χ1v) is 12.7. The molecule has 0 amide bonds. The first-order valence-electron chi connectivity index (χ1n) is 12.7. The second-order valence-corrected chi connectivity index (χ2v) is 9.83. The molecular formula is C28H50O. The summed E-state index contributed by atoms with van der Waals surface area (Å²) in [5.74, 6) is 1.67. The second-order valence-electron chi connectivity index (χ2n) is 9.83. The molecule has 29 heavy (non-hydrogen) atoms. The van der Waals surface area contributed by atoms with Crippen LogP contribution in [0.3, 0.4) is 0 Å². The van der Waals surface area contributed by atoms with Crippen LogP contribution in [0.15, 0.2) is 24.3 Å². The largest absolute Gasteiger partial charge is 0.381 e. The van der Waals surface area contributed by atoms with E-state index in [0.29, 0.717) is 0 Å². The molecule has 0 aliphatic carbocycles. The van der Waals surface area contributed by atoms with Crippen molar-refractivity contribution in [2.45, 2.75) is 118 Å². The Kier molecular flexibility index (Phi) is 16.3. The SMILES string of the molecule is CC(C)CCCCCCCCc1cccc(CCCCCOCCCC(C)C)c1. The molecule has 0 fully saturated rings. The molecule has 1 nitrogen and oxygen atoms in total. The van der Waals surface area contributed by atoms with Crippen molar-refractivity contribution < 1.29 is 4.74 Å². The number of aryl methyl sites for hydroxylation is 2. The molecule has 0 aromatic heterocycles. The minimum Gasteiger partial charge on any atom is -0.381 e. The highest BCUT2D eigenvalue weighted by Crippen LogP contribution is 2.15. The van der Waals surface area contributed by atoms with Crippen LogP contribution in [0.2, 0.25) is 0 Å². The molecule has 0 spiro atoms. The van der Waals surface area contributed by atoms with E-state index in [0.717, 1.165) is 25.0 Å². The maximum Gasteiger partial charge on any atom is 0.0466 e. The van der Waals surface area contributed by atoms with Gasteiger partial charge in [-0.1, -0.05) is 96.9 Å². The van der Waals surface area contributed by atoms with Gasteiger partial charge < -0.3 is 4.74 Å². The monoisotopic (exact) mass is 402 g/mol. The minimum atomic E-state index is 0.800. The summed E-state index contributed by atoms with van der Waals surface area (Å²) < 4.78 is 5.75. The predicted octanol–water partition coefficient (Wildman–Crippen LogP) is 8.78. The molecule has 0 saturated carbocycles. The van der Waals surface area contributed by atoms with Gasteiger partial charge in [-0.2, -0.15) is 0 Å². The fraction of sp³-hybridized carbons (Fsp3) is 0.786. The van der Waals surface area contributed by atoms with Crippen LogP contribution in [0.5, 0.6) is 0 Å². The molecule has 1 heteroatoms. The Labute approximate surface area is 183 Å². The van der Waals surface area contributed by atoms with Crippen molar-refractivity contribution >= 4 is 0 Å². The van der Waals surface area contributed by atoms with Crippen molar-refractivity contribution in [2.75, 3.05) is 13.2 Å². The van der Waals surface area contributed by atoms with Gasteiger partial charge in [0.05, 0.1) is 0 Å². The molecule has 1 rings (SSSR count). The van der Waals surface area contributed by atoms with Crippen LogP contribution in [0, 0.1) is 11.8 Å². The van der Waals surface area contributed by atoms with Gasteiger partial charge in [-0.15, -0.1) is 0 Å². The topological polar surface area (TPSA) is 9.23 Å². The first kappa shape index (κ1) is 26.2. The molecule has 0 aliphatic heterocycles. The fourth-order valence-electron chi connectivity index (χ4n) is 3.94. The zero-order chi connectivity index (χ0) is 21.2. The Hall–Kier alpha value is -0.820. The van der Waals surface area contributed by atoms with Crippen molar-refractivity contribution in [2.24, 2.45) is 11.8 Å². The van der Waals surface area contributed by atoms with Crippen molar-refractivity contribution in [3.05, 3.63) is 35.4 Å². The number of ether oxygens (including phenoxy) is 1. The average molecular weight is 403 g/mol. The van der Waals surface area contributed by atoms with Crippen LogP contribution >= 0.6 is 0 Å². The Bertz CT molecular complexity index is 477. The third-order valence-corrected chi connectivity index (χ3v) is 5.81. The van der Waals surface area contributed by atoms with Crippen molar-refractivity contribution in [3.8, 4) is 0 Å². The zero-order valence-electron chi connectivity index (χ0n) is 20.2. The highest BCUT2D eigenvalue weighted by Gasteiger charge is 2.00. The number of rotatable bonds is 19. The number of unbranched alkanes of at least 4 members (excludes halogenated alkanes) is 7. The van der Waals surface area contributed by atoms with Gasteiger partial charge in [0.15, 0.2) is 0 Å². The van der Waals surface area contributed by atoms with Crippen LogP contribution in [-0.2, 0) is 17.6 Å². The molecule has 0 heterocycles. The van der Waals surface area contributed by atoms with Crippen LogP contribution in [0.25, 0.3) is 0 Å². The van der Waals surface area contributed by atoms with Gasteiger partial charge in [-0.05, 0) is 67.9 Å². The van der Waals surface area contributed by atoms with Gasteiger partial charge in [0, 0.05) is 13.2 Å². The van der Waals surface area contributed by atoms with E-state index in [4.69, 9.17) is 4.74 Å². The van der Waals surface area contributed by atoms with E-state index in [1.807, 2.05) is 0 Å².